The highest BCUT2D eigenvalue weighted by Crippen LogP contribution is 2.40. The van der Waals surface area contributed by atoms with E-state index in [1.807, 2.05) is 0 Å². The van der Waals surface area contributed by atoms with Gasteiger partial charge in [-0.1, -0.05) is 0 Å². The fourth-order valence-electron chi connectivity index (χ4n) is 3.15. The van der Waals surface area contributed by atoms with Crippen LogP contribution in [0.15, 0.2) is 29.6 Å². The van der Waals surface area contributed by atoms with Crippen LogP contribution in [0, 0.1) is 5.92 Å². The molecule has 0 spiro atoms. The van der Waals surface area contributed by atoms with Crippen LogP contribution in [-0.2, 0) is 12.7 Å². The first-order valence-electron chi connectivity index (χ1n) is 8.24. The summed E-state index contributed by atoms with van der Waals surface area (Å²) in [6, 6.07) is 2.79. The van der Waals surface area contributed by atoms with E-state index in [2.05, 4.69) is 15.4 Å². The zero-order chi connectivity index (χ0) is 20.5. The van der Waals surface area contributed by atoms with Crippen LogP contribution in [-0.4, -0.2) is 26.6 Å². The number of nitrogens with zero attached hydrogens (tertiary/aromatic N) is 3. The first kappa shape index (κ1) is 20.5. The van der Waals surface area contributed by atoms with Gasteiger partial charge in [-0.3, -0.25) is 14.6 Å². The summed E-state index contributed by atoms with van der Waals surface area (Å²) in [7, 11) is 0. The van der Waals surface area contributed by atoms with E-state index in [1.54, 1.807) is 0 Å². The van der Waals surface area contributed by atoms with Crippen LogP contribution in [0.4, 0.5) is 27.6 Å². The molecule has 28 heavy (non-hydrogen) atoms. The molecule has 2 heterocycles. The zero-order valence-corrected chi connectivity index (χ0v) is 15.2. The summed E-state index contributed by atoms with van der Waals surface area (Å²) in [4.78, 5) is 16.5. The molecule has 1 amide bonds. The van der Waals surface area contributed by atoms with Gasteiger partial charge in [-0.25, -0.2) is 13.8 Å². The number of carbonyl (C=O) groups excluding carboxylic acids is 1. The molecule has 1 fully saturated rings. The topological polar surface area (TPSA) is 85.8 Å². The molecule has 3 rings (SSSR count). The van der Waals surface area contributed by atoms with Gasteiger partial charge in [0.15, 0.2) is 0 Å². The second-order valence-corrected chi connectivity index (χ2v) is 7.16. The third-order valence-electron chi connectivity index (χ3n) is 4.41. The van der Waals surface area contributed by atoms with Gasteiger partial charge in [0.25, 0.3) is 5.91 Å². The van der Waals surface area contributed by atoms with Crippen molar-refractivity contribution in [3.63, 3.8) is 0 Å². The summed E-state index contributed by atoms with van der Waals surface area (Å²) in [5, 5.41) is 11.7. The lowest BCUT2D eigenvalue weighted by Gasteiger charge is -2.15. The van der Waals surface area contributed by atoms with Crippen molar-refractivity contribution in [1.82, 2.24) is 14.8 Å². The Labute approximate surface area is 160 Å². The predicted octanol–water partition coefficient (Wildman–Crippen LogP) is 3.95. The van der Waals surface area contributed by atoms with Gasteiger partial charge in [0.1, 0.15) is 16.3 Å². The summed E-state index contributed by atoms with van der Waals surface area (Å²) in [5.41, 5.74) is -1.75. The third-order valence-corrected chi connectivity index (χ3v) is 4.87. The van der Waals surface area contributed by atoms with Crippen LogP contribution >= 0.6 is 11.9 Å². The molecule has 2 aromatic rings. The van der Waals surface area contributed by atoms with Crippen molar-refractivity contribution in [1.29, 1.82) is 0 Å². The Morgan fingerprint density at radius 1 is 1.43 bits per heavy atom. The smallest absolute Gasteiger partial charge is 0.320 e. The Kier molecular flexibility index (Phi) is 5.62. The number of halogens is 5. The van der Waals surface area contributed by atoms with Gasteiger partial charge in [-0.15, -0.1) is 0 Å². The van der Waals surface area contributed by atoms with Gasteiger partial charge in [0.05, 0.1) is 6.20 Å². The molecule has 1 atom stereocenters. The van der Waals surface area contributed by atoms with Crippen molar-refractivity contribution < 1.29 is 26.7 Å². The highest BCUT2D eigenvalue weighted by atomic mass is 32.2. The molecule has 1 unspecified atom stereocenters. The first-order chi connectivity index (χ1) is 13.1. The molecule has 1 aliphatic rings. The van der Waals surface area contributed by atoms with E-state index in [-0.39, 0.29) is 25.1 Å². The molecular formula is C16H16F5N5OS. The highest BCUT2D eigenvalue weighted by Gasteiger charge is 2.42. The summed E-state index contributed by atoms with van der Waals surface area (Å²) in [5.74, 6) is -4.46. The molecule has 0 aromatic carbocycles. The van der Waals surface area contributed by atoms with Crippen LogP contribution in [0.1, 0.15) is 35.3 Å². The van der Waals surface area contributed by atoms with E-state index in [0.717, 1.165) is 16.6 Å². The molecule has 3 N–H and O–H groups in total. The lowest BCUT2D eigenvalue weighted by Crippen LogP contribution is -2.24. The molecule has 6 nitrogen and oxygen atoms in total. The van der Waals surface area contributed by atoms with E-state index in [4.69, 9.17) is 5.14 Å². The summed E-state index contributed by atoms with van der Waals surface area (Å²) in [6.45, 7) is -0.200. The van der Waals surface area contributed by atoms with Crippen molar-refractivity contribution in [3.8, 4) is 0 Å². The number of nitrogens with one attached hydrogen (secondary N) is 1. The Hall–Kier alpha value is -2.21. The molecule has 152 valence electrons. The number of rotatable bonds is 5. The molecule has 0 bridgehead atoms. The monoisotopic (exact) mass is 421 g/mol. The van der Waals surface area contributed by atoms with Crippen molar-refractivity contribution in [2.75, 3.05) is 5.32 Å². The lowest BCUT2D eigenvalue weighted by atomic mass is 10.1. The van der Waals surface area contributed by atoms with E-state index >= 15 is 0 Å². The SMILES string of the molecule is NSc1cc(NC(=O)c2c(C(F)(F)F)cnn2CC2CCC(F)(F)C2)ccn1. The normalized spacial score (nSPS) is 19.0. The molecule has 2 aromatic heterocycles. The number of pyridine rings is 1. The minimum Gasteiger partial charge on any atom is -0.320 e. The van der Waals surface area contributed by atoms with Crippen molar-refractivity contribution in [3.05, 3.63) is 35.8 Å². The van der Waals surface area contributed by atoms with Crippen molar-refractivity contribution in [2.24, 2.45) is 11.1 Å². The van der Waals surface area contributed by atoms with E-state index in [9.17, 15) is 26.7 Å². The molecular weight excluding hydrogens is 405 g/mol. The second kappa shape index (κ2) is 7.66. The van der Waals surface area contributed by atoms with Crippen LogP contribution in [0.2, 0.25) is 0 Å². The number of hydrogen-bond donors (Lipinski definition) is 2. The number of anilines is 1. The number of carbonyl (C=O) groups is 1. The minimum absolute atomic E-state index is 0.150. The molecule has 12 heteroatoms. The minimum atomic E-state index is -4.82. The summed E-state index contributed by atoms with van der Waals surface area (Å²) < 4.78 is 67.7. The third kappa shape index (κ3) is 4.61. The number of alkyl halides is 5. The Bertz CT molecular complexity index is 869. The lowest BCUT2D eigenvalue weighted by molar-refractivity contribution is -0.138. The largest absolute Gasteiger partial charge is 0.420 e. The Balaban J connectivity index is 1.88. The van der Waals surface area contributed by atoms with Gasteiger partial charge in [0, 0.05) is 31.3 Å². The van der Waals surface area contributed by atoms with Crippen molar-refractivity contribution >= 4 is 23.5 Å². The zero-order valence-electron chi connectivity index (χ0n) is 14.3. The number of amides is 1. The van der Waals surface area contributed by atoms with E-state index in [0.29, 0.717) is 11.2 Å². The first-order valence-corrected chi connectivity index (χ1v) is 9.12. The average molecular weight is 421 g/mol. The number of hydrogen-bond acceptors (Lipinski definition) is 5. The Morgan fingerprint density at radius 3 is 2.79 bits per heavy atom. The molecule has 0 radical (unpaired) electrons. The average Bonchev–Trinajstić information content (AvgIpc) is 3.18. The molecule has 1 saturated carbocycles. The fraction of sp³-hybridized carbons (Fsp3) is 0.438. The quantitative estimate of drug-likeness (QED) is 0.564. The molecule has 0 aliphatic heterocycles. The van der Waals surface area contributed by atoms with Gasteiger partial charge < -0.3 is 5.32 Å². The highest BCUT2D eigenvalue weighted by molar-refractivity contribution is 7.97. The second-order valence-electron chi connectivity index (χ2n) is 6.51. The number of nitrogens with two attached hydrogens (primary N) is 1. The van der Waals surface area contributed by atoms with Crippen molar-refractivity contribution in [2.45, 2.75) is 42.9 Å². The van der Waals surface area contributed by atoms with Gasteiger partial charge in [0.2, 0.25) is 5.92 Å². The maximum atomic E-state index is 13.4. The van der Waals surface area contributed by atoms with Crippen LogP contribution in [0.5, 0.6) is 0 Å². The van der Waals surface area contributed by atoms with E-state index < -0.39 is 41.6 Å². The maximum Gasteiger partial charge on any atom is 0.420 e. The van der Waals surface area contributed by atoms with Gasteiger partial charge in [-0.2, -0.15) is 18.3 Å². The summed E-state index contributed by atoms with van der Waals surface area (Å²) in [6.07, 6.45) is -3.57. The van der Waals surface area contributed by atoms with Crippen LogP contribution < -0.4 is 10.5 Å². The van der Waals surface area contributed by atoms with E-state index in [1.165, 1.54) is 18.3 Å². The van der Waals surface area contributed by atoms with Crippen LogP contribution in [0.3, 0.4) is 0 Å². The maximum absolute atomic E-state index is 13.4. The van der Waals surface area contributed by atoms with Crippen LogP contribution in [0.25, 0.3) is 0 Å². The standard InChI is InChI=1S/C16H16F5N5OS/c17-15(18)3-1-9(6-15)8-26-13(11(7-24-26)16(19,20)21)14(27)25-10-2-4-23-12(5-10)28-22/h2,4-5,7,9H,1,3,6,8,22H2,(H,23,25,27). The molecule has 0 saturated heterocycles. The van der Waals surface area contributed by atoms with Gasteiger partial charge >= 0.3 is 6.18 Å². The van der Waals surface area contributed by atoms with Gasteiger partial charge in [-0.05, 0) is 36.4 Å². The fourth-order valence-corrected chi connectivity index (χ4v) is 3.47. The Morgan fingerprint density at radius 2 is 2.18 bits per heavy atom. The number of aromatic nitrogens is 3. The predicted molar refractivity (Wildman–Crippen MR) is 91.8 cm³/mol. The molecule has 1 aliphatic carbocycles. The summed E-state index contributed by atoms with van der Waals surface area (Å²) >= 11 is 0.808.